The normalized spacial score (nSPS) is 12.1. The molecule has 0 atom stereocenters. The van der Waals surface area contributed by atoms with E-state index in [1.807, 2.05) is 114 Å². The summed E-state index contributed by atoms with van der Waals surface area (Å²) in [7, 11) is 16.0. The molecule has 0 bridgehead atoms. The summed E-state index contributed by atoms with van der Waals surface area (Å²) >= 11 is 7.68. The van der Waals surface area contributed by atoms with E-state index in [4.69, 9.17) is 36.9 Å². The predicted molar refractivity (Wildman–Crippen MR) is 504 cm³/mol. The maximum Gasteiger partial charge on any atom is 0.560 e. The number of hydrogen-bond acceptors (Lipinski definition) is 37. The summed E-state index contributed by atoms with van der Waals surface area (Å²) in [5, 5.41) is 52.8. The molecular weight excluding hydrogens is 1880 g/mol. The van der Waals surface area contributed by atoms with Gasteiger partial charge < -0.3 is 48.4 Å². The first-order valence-corrected chi connectivity index (χ1v) is 51.3. The first-order chi connectivity index (χ1) is 59.4. The SMILES string of the molecule is CC#N.CC(C)(S)CO.CCCCC(=O)CCSSC(C)(C)CO.CCCCC(=O)CCSSC(C)(C)COC(=O)ON1C(=O)CCC1=O.CCCCC(=O)CCSSc1ccccn1.CCC[NH3+].CO.O=C(O)CCS.O=C(O)CCSSc1ccccn1.O=C(ON1C(=O)CCC1=O)ON1C(=O)CCC1=O.[2H]CF.[Cl-].c1ccc(SSc2ccccn2)nc1. The minimum Gasteiger partial charge on any atom is -1.00 e. The summed E-state index contributed by atoms with van der Waals surface area (Å²) in [6.07, 6.45) is 16.1. The molecule has 3 saturated heterocycles. The number of carbonyl (C=O) groups excluding carboxylic acids is 11. The minimum atomic E-state index is -1.48. The molecule has 0 radical (unpaired) electrons. The number of aliphatic hydroxyl groups excluding tert-OH is 3. The molecule has 708 valence electrons. The monoisotopic (exact) mass is 2000 g/mol. The third kappa shape index (κ3) is 81.3. The molecule has 7 rings (SSSR count). The number of amides is 6. The van der Waals surface area contributed by atoms with Crippen molar-refractivity contribution < 1.29 is 131 Å². The summed E-state index contributed by atoms with van der Waals surface area (Å²) < 4.78 is 19.8. The lowest BCUT2D eigenvalue weighted by Gasteiger charge is -2.22. The van der Waals surface area contributed by atoms with Crippen molar-refractivity contribution in [1.29, 1.82) is 5.26 Å². The van der Waals surface area contributed by atoms with Crippen LogP contribution in [0.25, 0.3) is 0 Å². The first kappa shape index (κ1) is 128. The van der Waals surface area contributed by atoms with E-state index in [1.165, 1.54) is 45.7 Å². The third-order valence-electron chi connectivity index (χ3n) is 13.3. The number of nitrogens with zero attached hydrogens (tertiary/aromatic N) is 8. The molecule has 125 heavy (non-hydrogen) atoms. The second-order valence-electron chi connectivity index (χ2n) is 26.2. The number of aromatic nitrogens is 4. The molecular formula is C80H125ClFN9O22S12. The largest absolute Gasteiger partial charge is 1.00 e. The van der Waals surface area contributed by atoms with Gasteiger partial charge in [-0.3, -0.25) is 71.6 Å². The van der Waals surface area contributed by atoms with Gasteiger partial charge in [-0.2, -0.15) is 35.3 Å². The van der Waals surface area contributed by atoms with Crippen LogP contribution in [0.1, 0.15) is 212 Å². The van der Waals surface area contributed by atoms with Gasteiger partial charge >= 0.3 is 24.2 Å². The van der Waals surface area contributed by atoms with E-state index in [1.54, 1.807) is 106 Å². The van der Waals surface area contributed by atoms with E-state index in [2.05, 4.69) is 93.1 Å². The van der Waals surface area contributed by atoms with Gasteiger partial charge in [-0.25, -0.2) is 24.7 Å². The van der Waals surface area contributed by atoms with E-state index < -0.39 is 71.6 Å². The number of ketones is 3. The van der Waals surface area contributed by atoms with Crippen molar-refractivity contribution in [2.75, 3.05) is 69.4 Å². The number of Topliss-reactive ketones (excluding diaryl/α,β-unsaturated/α-hetero) is 3. The molecule has 45 heteroatoms. The summed E-state index contributed by atoms with van der Waals surface area (Å²) in [4.78, 5) is 174. The van der Waals surface area contributed by atoms with Crippen LogP contribution in [0, 0.1) is 11.3 Å². The number of aliphatic hydroxyl groups is 3. The Morgan fingerprint density at radius 1 is 0.496 bits per heavy atom. The maximum absolute atomic E-state index is 11.6. The second-order valence-corrected chi connectivity index (χ2v) is 41.1. The number of pyridine rings is 4. The minimum absolute atomic E-state index is 0. The van der Waals surface area contributed by atoms with Crippen molar-refractivity contribution in [3.8, 4) is 6.07 Å². The Balaban J connectivity index is -0.000000328. The highest BCUT2D eigenvalue weighted by Gasteiger charge is 2.38. The Bertz CT molecular complexity index is 3510. The first-order valence-electron chi connectivity index (χ1n) is 39.5. The Morgan fingerprint density at radius 3 is 1.01 bits per heavy atom. The number of rotatable bonds is 42. The highest BCUT2D eigenvalue weighted by Crippen LogP contribution is 2.38. The van der Waals surface area contributed by atoms with Crippen molar-refractivity contribution in [1.82, 2.24) is 35.1 Å². The van der Waals surface area contributed by atoms with Crippen LogP contribution in [0.5, 0.6) is 0 Å². The molecule has 0 spiro atoms. The fourth-order valence-corrected chi connectivity index (χ4v) is 17.5. The number of ether oxygens (including phenoxy) is 1. The van der Waals surface area contributed by atoms with Crippen LogP contribution in [-0.4, -0.2) is 221 Å². The van der Waals surface area contributed by atoms with Crippen molar-refractivity contribution in [2.24, 2.45) is 0 Å². The van der Waals surface area contributed by atoms with Crippen molar-refractivity contribution in [3.05, 3.63) is 97.6 Å². The predicted octanol–water partition coefficient (Wildman–Crippen LogP) is 14.1. The zero-order valence-corrected chi connectivity index (χ0v) is 83.6. The highest BCUT2D eigenvalue weighted by molar-refractivity contribution is 8.78. The number of carboxylic acids is 2. The van der Waals surface area contributed by atoms with Crippen LogP contribution in [0.3, 0.4) is 0 Å². The standard InChI is InChI=1S/C16H25NO6S2.C12H17NOS2.C11H22O2S2.C10H8N2S2.C9H8N2O7.C8H9NO2S2.C4H10OS.C3H9N.C3H6O2S.C2H3N.CH3F.CH4O.ClH/c1-4-5-6-12(18)9-10-24-25-16(2,3)11-22-15(21)23-17-13(19)7-8-14(17)20;1-2-3-6-11(14)8-10-15-16-12-7-4-5-9-13-12;1-4-5-6-10(13)7-8-14-15-11(2,3)9-12;1-3-7-11-9(5-1)13-14-10-6-2-4-8-12-10;12-5-1-2-6(13)10(5)17-9(16)18-11-7(14)3-4-8(11)15;10-8(11)4-6-12-13-7-3-1-2-5-9-7;1-4(2,6)3-5;1-2-3-4;4-3(5)1-2-6;1-2-3;2*1-2;/h4-11H2,1-3H3;4-5,7,9H,2-3,6,8,10H2,1H3;12H,4-9H2,1-3H3;1-8H;1-4H2;1-3,5H,4,6H2,(H,10,11);5-6H,3H2,1-2H3;2-4H2,1H3;6H,1-2H2,(H,4,5);1H3;1H3;2H,1H3;1H/i;;;;;;;;;;1D;;. The second kappa shape index (κ2) is 86.3. The molecule has 8 N–H and O–H groups in total. The zero-order chi connectivity index (χ0) is 95.7. The average molecular weight is 2010 g/mol. The van der Waals surface area contributed by atoms with Gasteiger partial charge in [0.05, 0.1) is 51.9 Å². The summed E-state index contributed by atoms with van der Waals surface area (Å²) in [5.74, 6) is -0.865. The number of carboxylic acid groups (broad SMARTS) is 2. The number of nitriles is 1. The molecule has 6 amide bonds. The molecule has 0 unspecified atom stereocenters. The number of unbranched alkanes of at least 4 members (excludes halogenated alkanes) is 3. The zero-order valence-electron chi connectivity index (χ0n) is 73.9. The molecule has 7 heterocycles. The fourth-order valence-electron chi connectivity index (χ4n) is 6.99. The van der Waals surface area contributed by atoms with Crippen LogP contribution in [0.4, 0.5) is 14.0 Å². The molecule has 3 aliphatic rings. The van der Waals surface area contributed by atoms with E-state index in [0.29, 0.717) is 59.6 Å². The Kier molecular flexibility index (Phi) is 88.2. The molecule has 0 saturated carbocycles. The van der Waals surface area contributed by atoms with Gasteiger partial charge in [0.15, 0.2) is 0 Å². The number of carbonyl (C=O) groups is 13. The smallest absolute Gasteiger partial charge is 0.560 e. The molecule has 4 aromatic rings. The maximum atomic E-state index is 11.6. The van der Waals surface area contributed by atoms with E-state index in [9.17, 15) is 66.7 Å². The van der Waals surface area contributed by atoms with E-state index >= 15 is 0 Å². The van der Waals surface area contributed by atoms with Crippen molar-refractivity contribution >= 4 is 210 Å². The van der Waals surface area contributed by atoms with E-state index in [0.717, 1.165) is 96.6 Å². The number of alkyl halides is 1. The topological polar surface area (TPSA) is 473 Å². The van der Waals surface area contributed by atoms with Crippen molar-refractivity contribution in [2.45, 2.75) is 245 Å². The fraction of sp³-hybridized carbons (Fsp3) is 0.575. The molecule has 3 aliphatic heterocycles. The van der Waals surface area contributed by atoms with Gasteiger partial charge in [-0.15, -0.1) is 0 Å². The van der Waals surface area contributed by atoms with Gasteiger partial charge in [0, 0.05) is 154 Å². The molecule has 31 nitrogen and oxygen atoms in total. The van der Waals surface area contributed by atoms with Gasteiger partial charge in [-0.05, 0) is 159 Å². The molecule has 3 fully saturated rings. The number of halogens is 2. The van der Waals surface area contributed by atoms with Gasteiger partial charge in [0.1, 0.15) is 44.1 Å². The number of imide groups is 3. The molecule has 4 aromatic heterocycles. The third-order valence-corrected chi connectivity index (χ3v) is 27.0. The lowest BCUT2D eigenvalue weighted by molar-refractivity contribution is -0.367. The van der Waals surface area contributed by atoms with Crippen LogP contribution in [-0.2, 0) is 72.0 Å². The Morgan fingerprint density at radius 2 is 0.768 bits per heavy atom. The Labute approximate surface area is 793 Å². The number of hydroxylamine groups is 6. The average Bonchev–Trinajstić information content (AvgIpc) is 1.72. The number of thiol groups is 2. The quantitative estimate of drug-likeness (QED) is 0.00671. The van der Waals surface area contributed by atoms with Gasteiger partial charge in [-0.1, -0.05) is 151 Å². The molecule has 0 aromatic carbocycles. The van der Waals surface area contributed by atoms with Crippen molar-refractivity contribution in [3.63, 3.8) is 0 Å². The summed E-state index contributed by atoms with van der Waals surface area (Å²) in [5.41, 5.74) is 3.60. The number of quaternary nitrogens is 1. The van der Waals surface area contributed by atoms with E-state index in [-0.39, 0.29) is 109 Å². The molecule has 0 aliphatic carbocycles. The van der Waals surface area contributed by atoms with Gasteiger partial charge in [0.25, 0.3) is 35.4 Å². The number of aliphatic carboxylic acids is 2. The van der Waals surface area contributed by atoms with Crippen LogP contribution in [0.2, 0.25) is 0 Å². The Hall–Kier alpha value is -5.74. The van der Waals surface area contributed by atoms with Crippen LogP contribution >= 0.6 is 133 Å². The van der Waals surface area contributed by atoms with Gasteiger partial charge in [0.2, 0.25) is 0 Å². The summed E-state index contributed by atoms with van der Waals surface area (Å²) in [6, 6.07) is 25.0. The highest BCUT2D eigenvalue weighted by atomic mass is 35.5. The summed E-state index contributed by atoms with van der Waals surface area (Å²) in [6.45, 7) is 22.8. The lowest BCUT2D eigenvalue weighted by Crippen LogP contribution is -3.00. The number of hydrogen-bond donors (Lipinski definition) is 8. The lowest BCUT2D eigenvalue weighted by atomic mass is 10.1. The van der Waals surface area contributed by atoms with Crippen LogP contribution < -0.4 is 18.1 Å². The van der Waals surface area contributed by atoms with Crippen LogP contribution in [0.15, 0.2) is 118 Å².